The number of aryl methyl sites for hydroxylation is 1. The summed E-state index contributed by atoms with van der Waals surface area (Å²) >= 11 is 0. The van der Waals surface area contributed by atoms with Crippen LogP contribution in [-0.2, 0) is 12.7 Å². The number of fused-ring (bicyclic) bond motifs is 1. The van der Waals surface area contributed by atoms with Crippen molar-refractivity contribution in [3.05, 3.63) is 54.0 Å². The number of para-hydroxylation sites is 1. The second-order valence-corrected chi connectivity index (χ2v) is 7.31. The number of pyridine rings is 1. The quantitative estimate of drug-likeness (QED) is 0.385. The Bertz CT molecular complexity index is 1180. The van der Waals surface area contributed by atoms with Gasteiger partial charge in [-0.15, -0.1) is 0 Å². The van der Waals surface area contributed by atoms with E-state index in [1.807, 2.05) is 37.3 Å². The largest absolute Gasteiger partial charge is 0.377 e. The van der Waals surface area contributed by atoms with E-state index in [2.05, 4.69) is 20.4 Å². The summed E-state index contributed by atoms with van der Waals surface area (Å²) in [6.07, 6.45) is 1.59. The van der Waals surface area contributed by atoms with Crippen LogP contribution >= 0.6 is 9.24 Å². The van der Waals surface area contributed by atoms with Crippen LogP contribution in [0.25, 0.3) is 28.1 Å². The maximum atomic E-state index is 13.8. The van der Waals surface area contributed by atoms with E-state index in [1.54, 1.807) is 16.9 Å². The summed E-state index contributed by atoms with van der Waals surface area (Å²) in [5.41, 5.74) is 0.420. The number of benzene rings is 1. The topological polar surface area (TPSA) is 80.8 Å². The van der Waals surface area contributed by atoms with Crippen LogP contribution in [-0.4, -0.2) is 36.2 Å². The number of nitrogens with one attached hydrogen (secondary N) is 1. The van der Waals surface area contributed by atoms with E-state index >= 15 is 0 Å². The van der Waals surface area contributed by atoms with Gasteiger partial charge in [-0.2, -0.15) is 13.9 Å². The number of hydrogen-bond acceptors (Lipinski definition) is 5. The van der Waals surface area contributed by atoms with Crippen molar-refractivity contribution in [2.45, 2.75) is 12.6 Å². The zero-order valence-electron chi connectivity index (χ0n) is 15.8. The molecule has 3 heterocycles. The zero-order chi connectivity index (χ0) is 20.8. The van der Waals surface area contributed by atoms with Crippen molar-refractivity contribution < 1.29 is 13.9 Å². The molecule has 150 valence electrons. The molecular weight excluding hydrogens is 397 g/mol. The maximum absolute atomic E-state index is 13.8. The van der Waals surface area contributed by atoms with Crippen LogP contribution in [0.1, 0.15) is 11.4 Å². The Kier molecular flexibility index (Phi) is 4.80. The van der Waals surface area contributed by atoms with Crippen LogP contribution in [0.5, 0.6) is 0 Å². The zero-order valence-corrected chi connectivity index (χ0v) is 16.9. The van der Waals surface area contributed by atoms with Crippen molar-refractivity contribution in [2.75, 3.05) is 12.0 Å². The fourth-order valence-electron chi connectivity index (χ4n) is 3.31. The molecule has 0 fully saturated rings. The maximum Gasteiger partial charge on any atom is 0.315 e. The van der Waals surface area contributed by atoms with Crippen LogP contribution in [0.2, 0.25) is 0 Å². The minimum Gasteiger partial charge on any atom is -0.377 e. The van der Waals surface area contributed by atoms with Crippen molar-refractivity contribution in [2.24, 2.45) is 7.05 Å². The Labute approximate surface area is 167 Å². The molecule has 2 N–H and O–H groups in total. The molecule has 7 nitrogen and oxygen atoms in total. The molecular formula is C19H19F2N6OP. The second kappa shape index (κ2) is 7.17. The lowest BCUT2D eigenvalue weighted by atomic mass is 10.1. The Morgan fingerprint density at radius 3 is 2.62 bits per heavy atom. The van der Waals surface area contributed by atoms with Gasteiger partial charge in [0, 0.05) is 24.4 Å². The Balaban J connectivity index is 1.87. The van der Waals surface area contributed by atoms with E-state index in [0.717, 1.165) is 11.3 Å². The molecule has 0 spiro atoms. The van der Waals surface area contributed by atoms with Gasteiger partial charge in [0.2, 0.25) is 0 Å². The molecule has 3 aromatic heterocycles. The fourth-order valence-corrected chi connectivity index (χ4v) is 3.57. The molecule has 10 heteroatoms. The standard InChI is InChI=1S/C19H19F2N6OP/c1-11-15(25-27(16(11)23-10-28)13-6-4-3-5-7-13)12-8-14-17(22-9-12)26(2)18(24-14)19(20,21)29/h3-9,23,28H,10,29H2,1-2H3. The summed E-state index contributed by atoms with van der Waals surface area (Å²) in [4.78, 5) is 8.39. The number of aliphatic hydroxyl groups excluding tert-OH is 1. The Morgan fingerprint density at radius 1 is 1.24 bits per heavy atom. The van der Waals surface area contributed by atoms with Gasteiger partial charge in [0.1, 0.15) is 18.1 Å². The van der Waals surface area contributed by atoms with E-state index in [0.29, 0.717) is 28.2 Å². The Hall–Kier alpha value is -2.90. The molecule has 0 saturated heterocycles. The first-order valence-corrected chi connectivity index (χ1v) is 9.38. The molecule has 1 unspecified atom stereocenters. The molecule has 1 aromatic carbocycles. The summed E-state index contributed by atoms with van der Waals surface area (Å²) < 4.78 is 30.5. The third-order valence-corrected chi connectivity index (χ3v) is 4.91. The molecule has 29 heavy (non-hydrogen) atoms. The number of aliphatic hydroxyl groups is 1. The number of hydrogen-bond donors (Lipinski definition) is 2. The van der Waals surface area contributed by atoms with Crippen molar-refractivity contribution in [1.29, 1.82) is 0 Å². The van der Waals surface area contributed by atoms with Gasteiger partial charge in [-0.25, -0.2) is 14.6 Å². The third-order valence-electron chi connectivity index (χ3n) is 4.65. The van der Waals surface area contributed by atoms with E-state index < -0.39 is 5.66 Å². The highest BCUT2D eigenvalue weighted by Gasteiger charge is 2.31. The molecule has 4 rings (SSSR count). The van der Waals surface area contributed by atoms with Crippen molar-refractivity contribution >= 4 is 26.2 Å². The average Bonchev–Trinajstić information content (AvgIpc) is 3.20. The molecule has 0 aliphatic carbocycles. The first-order valence-electron chi connectivity index (χ1n) is 8.81. The van der Waals surface area contributed by atoms with Crippen molar-refractivity contribution in [1.82, 2.24) is 24.3 Å². The lowest BCUT2D eigenvalue weighted by molar-refractivity contribution is 0.0903. The van der Waals surface area contributed by atoms with Gasteiger partial charge >= 0.3 is 5.66 Å². The van der Waals surface area contributed by atoms with Crippen LogP contribution in [0.15, 0.2) is 42.6 Å². The van der Waals surface area contributed by atoms with E-state index in [1.165, 1.54) is 20.9 Å². The highest BCUT2D eigenvalue weighted by molar-refractivity contribution is 7.17. The molecule has 4 aromatic rings. The summed E-state index contributed by atoms with van der Waals surface area (Å²) in [5, 5.41) is 17.0. The lowest BCUT2D eigenvalue weighted by Gasteiger charge is -2.08. The number of halogens is 2. The van der Waals surface area contributed by atoms with E-state index in [9.17, 15) is 13.9 Å². The SMILES string of the molecule is Cc1c(-c2cnc3c(c2)nc(C(F)(F)P)n3C)nn(-c2ccccc2)c1NCO. The number of alkyl halides is 2. The normalized spacial score (nSPS) is 11.9. The van der Waals surface area contributed by atoms with Gasteiger partial charge in [0.15, 0.2) is 11.5 Å². The van der Waals surface area contributed by atoms with Crippen molar-refractivity contribution in [3.63, 3.8) is 0 Å². The number of rotatable bonds is 5. The molecule has 1 atom stereocenters. The number of nitrogens with zero attached hydrogens (tertiary/aromatic N) is 5. The lowest BCUT2D eigenvalue weighted by Crippen LogP contribution is -2.10. The van der Waals surface area contributed by atoms with Gasteiger partial charge in [-0.3, -0.25) is 0 Å². The minimum absolute atomic E-state index is 0.261. The van der Waals surface area contributed by atoms with Crippen LogP contribution in [0.3, 0.4) is 0 Å². The smallest absolute Gasteiger partial charge is 0.315 e. The highest BCUT2D eigenvalue weighted by atomic mass is 31.0. The molecule has 0 aliphatic heterocycles. The minimum atomic E-state index is -3.15. The van der Waals surface area contributed by atoms with Gasteiger partial charge in [-0.1, -0.05) is 27.4 Å². The van der Waals surface area contributed by atoms with Crippen LogP contribution < -0.4 is 5.32 Å². The summed E-state index contributed by atoms with van der Waals surface area (Å²) in [6, 6.07) is 11.2. The number of anilines is 1. The predicted molar refractivity (Wildman–Crippen MR) is 110 cm³/mol. The fraction of sp³-hybridized carbons (Fsp3) is 0.211. The van der Waals surface area contributed by atoms with E-state index in [4.69, 9.17) is 0 Å². The van der Waals surface area contributed by atoms with Gasteiger partial charge in [0.05, 0.1) is 11.4 Å². The van der Waals surface area contributed by atoms with Crippen molar-refractivity contribution in [3.8, 4) is 16.9 Å². The second-order valence-electron chi connectivity index (χ2n) is 6.59. The van der Waals surface area contributed by atoms with Crippen LogP contribution in [0, 0.1) is 6.92 Å². The number of aromatic nitrogens is 5. The summed E-state index contributed by atoms with van der Waals surface area (Å²) in [7, 11) is 3.01. The summed E-state index contributed by atoms with van der Waals surface area (Å²) in [5.74, 6) is 0.253. The van der Waals surface area contributed by atoms with E-state index in [-0.39, 0.29) is 12.6 Å². The molecule has 0 aliphatic rings. The number of imidazole rings is 1. The Morgan fingerprint density at radius 2 is 1.97 bits per heavy atom. The van der Waals surface area contributed by atoms with Gasteiger partial charge in [0.25, 0.3) is 0 Å². The molecule has 0 amide bonds. The van der Waals surface area contributed by atoms with Gasteiger partial charge in [-0.05, 0) is 25.1 Å². The first-order chi connectivity index (χ1) is 13.8. The predicted octanol–water partition coefficient (Wildman–Crippen LogP) is 3.42. The monoisotopic (exact) mass is 416 g/mol. The molecule has 0 bridgehead atoms. The highest BCUT2D eigenvalue weighted by Crippen LogP contribution is 2.36. The van der Waals surface area contributed by atoms with Crippen LogP contribution in [0.4, 0.5) is 14.6 Å². The molecule has 0 radical (unpaired) electrons. The molecule has 0 saturated carbocycles. The summed E-state index contributed by atoms with van der Waals surface area (Å²) in [6.45, 7) is 1.60. The first kappa shape index (κ1) is 19.4. The van der Waals surface area contributed by atoms with Gasteiger partial charge < -0.3 is 15.0 Å². The average molecular weight is 416 g/mol. The third kappa shape index (κ3) is 3.36.